The van der Waals surface area contributed by atoms with Gasteiger partial charge in [-0.25, -0.2) is 14.4 Å². The molecule has 0 saturated carbocycles. The zero-order chi connectivity index (χ0) is 24.9. The highest BCUT2D eigenvalue weighted by Gasteiger charge is 2.18. The number of benzene rings is 3. The molecule has 36 heavy (non-hydrogen) atoms. The Balaban J connectivity index is 1.48. The molecule has 5 aromatic rings. The molecule has 5 rings (SSSR count). The highest BCUT2D eigenvalue weighted by Crippen LogP contribution is 2.30. The average molecular weight is 545 g/mol. The lowest BCUT2D eigenvalue weighted by Gasteiger charge is -2.24. The number of halogens is 2. The van der Waals surface area contributed by atoms with Crippen LogP contribution in [0.4, 0.5) is 15.9 Å². The second kappa shape index (κ2) is 10.7. The average Bonchev–Trinajstić information content (AvgIpc) is 3.40. The fourth-order valence-electron chi connectivity index (χ4n) is 3.90. The maximum atomic E-state index is 13.2. The van der Waals surface area contributed by atoms with E-state index >= 15 is 0 Å². The predicted octanol–water partition coefficient (Wildman–Crippen LogP) is 6.83. The molecule has 0 aliphatic rings. The van der Waals surface area contributed by atoms with Crippen LogP contribution in [0.3, 0.4) is 0 Å². The lowest BCUT2D eigenvalue weighted by molar-refractivity contribution is -0.116. The quantitative estimate of drug-likeness (QED) is 0.232. The standard InChI is InChI=1S/C28H22BrFN4O2/c29-20-6-3-5-19(17-20)27-32-25-9-2-1-8-24(25)28(33-27)34(18-23-7-4-16-36-23)15-14-26(35)31-22-12-10-21(30)11-13-22/h1-13,16-17H,14-15,18H2,(H,31,35). The molecule has 0 radical (unpaired) electrons. The number of carbonyl (C=O) groups is 1. The van der Waals surface area contributed by atoms with Crippen LogP contribution in [-0.2, 0) is 11.3 Å². The van der Waals surface area contributed by atoms with Gasteiger partial charge in [-0.1, -0.05) is 40.2 Å². The SMILES string of the molecule is O=C(CCN(Cc1ccco1)c1nc(-c2cccc(Br)c2)nc2ccccc12)Nc1ccc(F)cc1. The first-order chi connectivity index (χ1) is 17.5. The summed E-state index contributed by atoms with van der Waals surface area (Å²) >= 11 is 3.52. The maximum Gasteiger partial charge on any atom is 0.226 e. The van der Waals surface area contributed by atoms with E-state index in [2.05, 4.69) is 21.2 Å². The molecule has 0 bridgehead atoms. The number of furan rings is 1. The summed E-state index contributed by atoms with van der Waals surface area (Å²) in [6.45, 7) is 0.808. The minimum atomic E-state index is -0.352. The van der Waals surface area contributed by atoms with E-state index < -0.39 is 0 Å². The summed E-state index contributed by atoms with van der Waals surface area (Å²) in [5.74, 6) is 1.51. The largest absolute Gasteiger partial charge is 0.467 e. The molecular formula is C28H22BrFN4O2. The number of fused-ring (bicyclic) bond motifs is 1. The van der Waals surface area contributed by atoms with E-state index in [0.29, 0.717) is 30.4 Å². The van der Waals surface area contributed by atoms with E-state index in [1.54, 1.807) is 6.26 Å². The lowest BCUT2D eigenvalue weighted by atomic mass is 10.1. The fraction of sp³-hybridized carbons (Fsp3) is 0.107. The molecule has 2 aromatic heterocycles. The summed E-state index contributed by atoms with van der Waals surface area (Å²) in [4.78, 5) is 24.5. The minimum Gasteiger partial charge on any atom is -0.467 e. The van der Waals surface area contributed by atoms with E-state index in [1.165, 1.54) is 24.3 Å². The van der Waals surface area contributed by atoms with Crippen LogP contribution in [0, 0.1) is 5.82 Å². The molecule has 2 heterocycles. The van der Waals surface area contributed by atoms with Crippen molar-refractivity contribution in [1.29, 1.82) is 0 Å². The Morgan fingerprint density at radius 2 is 1.81 bits per heavy atom. The van der Waals surface area contributed by atoms with E-state index in [9.17, 15) is 9.18 Å². The lowest BCUT2D eigenvalue weighted by Crippen LogP contribution is -2.28. The predicted molar refractivity (Wildman–Crippen MR) is 142 cm³/mol. The van der Waals surface area contributed by atoms with Crippen LogP contribution in [0.1, 0.15) is 12.2 Å². The van der Waals surface area contributed by atoms with E-state index in [1.807, 2.05) is 65.6 Å². The number of rotatable bonds is 8. The van der Waals surface area contributed by atoms with Crippen molar-refractivity contribution in [1.82, 2.24) is 9.97 Å². The van der Waals surface area contributed by atoms with Gasteiger partial charge in [-0.3, -0.25) is 4.79 Å². The minimum absolute atomic E-state index is 0.184. The van der Waals surface area contributed by atoms with Crippen molar-refractivity contribution in [3.63, 3.8) is 0 Å². The van der Waals surface area contributed by atoms with Crippen molar-refractivity contribution < 1.29 is 13.6 Å². The van der Waals surface area contributed by atoms with Gasteiger partial charge in [0, 0.05) is 34.1 Å². The third-order valence-corrected chi connectivity index (χ3v) is 6.12. The molecule has 0 unspecified atom stereocenters. The third-order valence-electron chi connectivity index (χ3n) is 5.63. The van der Waals surface area contributed by atoms with Crippen molar-refractivity contribution >= 4 is 44.2 Å². The Morgan fingerprint density at radius 1 is 0.972 bits per heavy atom. The maximum absolute atomic E-state index is 13.2. The molecule has 0 fully saturated rings. The number of aromatic nitrogens is 2. The summed E-state index contributed by atoms with van der Waals surface area (Å²) < 4.78 is 19.8. The highest BCUT2D eigenvalue weighted by atomic mass is 79.9. The van der Waals surface area contributed by atoms with Crippen LogP contribution in [0.2, 0.25) is 0 Å². The molecule has 0 saturated heterocycles. The fourth-order valence-corrected chi connectivity index (χ4v) is 4.30. The molecule has 6 nitrogen and oxygen atoms in total. The summed E-state index contributed by atoms with van der Waals surface area (Å²) in [5, 5.41) is 3.70. The molecule has 3 aromatic carbocycles. The van der Waals surface area contributed by atoms with Gasteiger partial charge < -0.3 is 14.6 Å². The van der Waals surface area contributed by atoms with Crippen molar-refractivity contribution in [2.75, 3.05) is 16.8 Å². The Morgan fingerprint density at radius 3 is 2.58 bits per heavy atom. The zero-order valence-corrected chi connectivity index (χ0v) is 20.8. The van der Waals surface area contributed by atoms with Crippen molar-refractivity contribution in [3.05, 3.63) is 107 Å². The zero-order valence-electron chi connectivity index (χ0n) is 19.2. The third kappa shape index (κ3) is 5.60. The molecule has 180 valence electrons. The molecule has 1 N–H and O–H groups in total. The van der Waals surface area contributed by atoms with Crippen molar-refractivity contribution in [3.8, 4) is 11.4 Å². The van der Waals surface area contributed by atoms with Gasteiger partial charge in [-0.15, -0.1) is 0 Å². The van der Waals surface area contributed by atoms with Gasteiger partial charge >= 0.3 is 0 Å². The number of hydrogen-bond donors (Lipinski definition) is 1. The van der Waals surface area contributed by atoms with Crippen LogP contribution >= 0.6 is 15.9 Å². The molecular weight excluding hydrogens is 523 g/mol. The highest BCUT2D eigenvalue weighted by molar-refractivity contribution is 9.10. The molecule has 0 atom stereocenters. The van der Waals surface area contributed by atoms with Gasteiger partial charge in [0.1, 0.15) is 17.4 Å². The Bertz CT molecular complexity index is 1490. The molecule has 8 heteroatoms. The first-order valence-corrected chi connectivity index (χ1v) is 12.2. The number of hydrogen-bond acceptors (Lipinski definition) is 5. The number of nitrogens with one attached hydrogen (secondary N) is 1. The molecule has 1 amide bonds. The Kier molecular flexibility index (Phi) is 7.04. The van der Waals surface area contributed by atoms with Gasteiger partial charge in [0.25, 0.3) is 0 Å². The van der Waals surface area contributed by atoms with Crippen LogP contribution in [0.5, 0.6) is 0 Å². The normalized spacial score (nSPS) is 10.9. The van der Waals surface area contributed by atoms with E-state index in [-0.39, 0.29) is 18.1 Å². The summed E-state index contributed by atoms with van der Waals surface area (Å²) in [5.41, 5.74) is 2.23. The van der Waals surface area contributed by atoms with Crippen molar-refractivity contribution in [2.45, 2.75) is 13.0 Å². The smallest absolute Gasteiger partial charge is 0.226 e. The van der Waals surface area contributed by atoms with E-state index in [4.69, 9.17) is 14.4 Å². The number of amides is 1. The number of nitrogens with zero attached hydrogens (tertiary/aromatic N) is 3. The van der Waals surface area contributed by atoms with E-state index in [0.717, 1.165) is 26.7 Å². The Labute approximate surface area is 215 Å². The first kappa shape index (κ1) is 23.7. The second-order valence-corrected chi connectivity index (χ2v) is 9.12. The van der Waals surface area contributed by atoms with Crippen LogP contribution in [0.15, 0.2) is 100 Å². The summed E-state index contributed by atoms with van der Waals surface area (Å²) in [6.07, 6.45) is 1.82. The van der Waals surface area contributed by atoms with Crippen molar-refractivity contribution in [2.24, 2.45) is 0 Å². The van der Waals surface area contributed by atoms with Gasteiger partial charge in [0.05, 0.1) is 18.3 Å². The number of carbonyl (C=O) groups excluding carboxylic acids is 1. The summed E-state index contributed by atoms with van der Waals surface area (Å²) in [6, 6.07) is 25.1. The van der Waals surface area contributed by atoms with Crippen LogP contribution in [0.25, 0.3) is 22.3 Å². The number of anilines is 2. The van der Waals surface area contributed by atoms with Gasteiger partial charge in [-0.05, 0) is 60.7 Å². The Hall–Kier alpha value is -4.04. The van der Waals surface area contributed by atoms with Gasteiger partial charge in [0.2, 0.25) is 5.91 Å². The first-order valence-electron chi connectivity index (χ1n) is 11.4. The molecule has 0 spiro atoms. The summed E-state index contributed by atoms with van der Waals surface area (Å²) in [7, 11) is 0. The topological polar surface area (TPSA) is 71.3 Å². The number of para-hydroxylation sites is 1. The second-order valence-electron chi connectivity index (χ2n) is 8.20. The van der Waals surface area contributed by atoms with Crippen LogP contribution in [-0.4, -0.2) is 22.4 Å². The van der Waals surface area contributed by atoms with Crippen LogP contribution < -0.4 is 10.2 Å². The molecule has 0 aliphatic heterocycles. The van der Waals surface area contributed by atoms with Gasteiger partial charge in [-0.2, -0.15) is 0 Å². The monoisotopic (exact) mass is 544 g/mol. The molecule has 0 aliphatic carbocycles. The van der Waals surface area contributed by atoms with Gasteiger partial charge in [0.15, 0.2) is 5.82 Å².